The van der Waals surface area contributed by atoms with Crippen molar-refractivity contribution in [2.24, 2.45) is 0 Å². The Morgan fingerprint density at radius 1 is 1.04 bits per heavy atom. The van der Waals surface area contributed by atoms with Crippen molar-refractivity contribution in [1.29, 1.82) is 0 Å². The van der Waals surface area contributed by atoms with E-state index in [1.807, 2.05) is 30.3 Å². The Morgan fingerprint density at radius 2 is 1.71 bits per heavy atom. The minimum atomic E-state index is -0.526. The molecule has 0 aromatic heterocycles. The van der Waals surface area contributed by atoms with Gasteiger partial charge in [-0.2, -0.15) is 0 Å². The molecule has 0 saturated carbocycles. The van der Waals surface area contributed by atoms with Crippen LogP contribution in [0.15, 0.2) is 66.4 Å². The van der Waals surface area contributed by atoms with Crippen LogP contribution in [-0.4, -0.2) is 19.0 Å². The fourth-order valence-corrected chi connectivity index (χ4v) is 2.03. The summed E-state index contributed by atoms with van der Waals surface area (Å²) in [5, 5.41) is 2.64. The molecule has 5 heteroatoms. The molecule has 2 aromatic rings. The van der Waals surface area contributed by atoms with E-state index in [1.165, 1.54) is 13.2 Å². The van der Waals surface area contributed by atoms with Gasteiger partial charge >= 0.3 is 5.97 Å². The second kappa shape index (κ2) is 8.53. The summed E-state index contributed by atoms with van der Waals surface area (Å²) in [4.78, 5) is 23.6. The highest BCUT2D eigenvalue weighted by molar-refractivity contribution is 5.98. The van der Waals surface area contributed by atoms with Crippen molar-refractivity contribution in [2.75, 3.05) is 7.11 Å². The van der Waals surface area contributed by atoms with Gasteiger partial charge in [-0.3, -0.25) is 4.79 Å². The highest BCUT2D eigenvalue weighted by Gasteiger charge is 2.13. The monoisotopic (exact) mass is 325 g/mol. The largest absolute Gasteiger partial charge is 0.488 e. The van der Waals surface area contributed by atoms with Gasteiger partial charge in [-0.15, -0.1) is 0 Å². The number of esters is 1. The van der Waals surface area contributed by atoms with Gasteiger partial charge in [0.15, 0.2) is 0 Å². The smallest absolute Gasteiger partial charge is 0.332 e. The van der Waals surface area contributed by atoms with Gasteiger partial charge in [-0.1, -0.05) is 42.5 Å². The van der Waals surface area contributed by atoms with E-state index in [0.29, 0.717) is 23.6 Å². The number of nitrogens with one attached hydrogen (secondary N) is 1. The average molecular weight is 325 g/mol. The quantitative estimate of drug-likeness (QED) is 0.655. The van der Waals surface area contributed by atoms with Gasteiger partial charge < -0.3 is 14.8 Å². The van der Waals surface area contributed by atoms with E-state index >= 15 is 0 Å². The van der Waals surface area contributed by atoms with E-state index in [-0.39, 0.29) is 5.91 Å². The van der Waals surface area contributed by atoms with Crippen LogP contribution in [0, 0.1) is 0 Å². The summed E-state index contributed by atoms with van der Waals surface area (Å²) in [5.41, 5.74) is 1.80. The first kappa shape index (κ1) is 17.3. The molecule has 0 spiro atoms. The second-order valence-electron chi connectivity index (χ2n) is 5.08. The van der Waals surface area contributed by atoms with Crippen LogP contribution in [0.1, 0.15) is 22.8 Å². The fraction of sp³-hybridized carbons (Fsp3) is 0.158. The molecule has 0 radical (unpaired) electrons. The molecule has 1 N–H and O–H groups in total. The van der Waals surface area contributed by atoms with Crippen molar-refractivity contribution in [3.05, 3.63) is 77.5 Å². The normalized spacial score (nSPS) is 10.8. The van der Waals surface area contributed by atoms with Crippen LogP contribution < -0.4 is 10.1 Å². The molecule has 0 atom stereocenters. The Hall–Kier alpha value is -3.08. The van der Waals surface area contributed by atoms with Crippen molar-refractivity contribution in [3.63, 3.8) is 0 Å². The third kappa shape index (κ3) is 4.98. The molecule has 2 aromatic carbocycles. The van der Waals surface area contributed by atoms with Crippen LogP contribution in [0.25, 0.3) is 0 Å². The standard InChI is InChI=1S/C19H19NO4/c1-14(12-18(21)23-2)20-19(22)16-10-6-7-11-17(16)24-13-15-8-4-3-5-9-15/h3-12H,13H2,1-2H3,(H,20,22). The summed E-state index contributed by atoms with van der Waals surface area (Å²) in [6.45, 7) is 1.98. The first-order valence-corrected chi connectivity index (χ1v) is 7.43. The van der Waals surface area contributed by atoms with Gasteiger partial charge in [-0.25, -0.2) is 4.79 Å². The summed E-state index contributed by atoms with van der Waals surface area (Å²) in [6.07, 6.45) is 1.21. The van der Waals surface area contributed by atoms with E-state index in [1.54, 1.807) is 31.2 Å². The number of carbonyl (C=O) groups excluding carboxylic acids is 2. The van der Waals surface area contributed by atoms with E-state index in [2.05, 4.69) is 10.1 Å². The first-order chi connectivity index (χ1) is 11.6. The molecule has 0 unspecified atom stereocenters. The second-order valence-corrected chi connectivity index (χ2v) is 5.08. The SMILES string of the molecule is COC(=O)C=C(C)NC(=O)c1ccccc1OCc1ccccc1. The minimum Gasteiger partial charge on any atom is -0.488 e. The average Bonchev–Trinajstić information content (AvgIpc) is 2.60. The van der Waals surface area contributed by atoms with Crippen molar-refractivity contribution >= 4 is 11.9 Å². The lowest BCUT2D eigenvalue weighted by Gasteiger charge is -2.12. The summed E-state index contributed by atoms with van der Waals surface area (Å²) < 4.78 is 10.3. The van der Waals surface area contributed by atoms with Gasteiger partial charge in [0, 0.05) is 11.8 Å². The molecule has 2 rings (SSSR count). The highest BCUT2D eigenvalue weighted by Crippen LogP contribution is 2.19. The molecular formula is C19H19NO4. The molecule has 0 aliphatic heterocycles. The summed E-state index contributed by atoms with van der Waals surface area (Å²) >= 11 is 0. The topological polar surface area (TPSA) is 64.6 Å². The predicted molar refractivity (Wildman–Crippen MR) is 90.5 cm³/mol. The van der Waals surface area contributed by atoms with Crippen molar-refractivity contribution in [1.82, 2.24) is 5.32 Å². The van der Waals surface area contributed by atoms with E-state index in [0.717, 1.165) is 5.56 Å². The van der Waals surface area contributed by atoms with Crippen LogP contribution >= 0.6 is 0 Å². The molecule has 0 aliphatic rings. The third-order valence-electron chi connectivity index (χ3n) is 3.22. The molecule has 0 fully saturated rings. The molecular weight excluding hydrogens is 306 g/mol. The third-order valence-corrected chi connectivity index (χ3v) is 3.22. The summed E-state index contributed by atoms with van der Waals surface area (Å²) in [5.74, 6) is -0.401. The molecule has 0 saturated heterocycles. The van der Waals surface area contributed by atoms with Gasteiger partial charge in [0.25, 0.3) is 5.91 Å². The maximum absolute atomic E-state index is 12.4. The van der Waals surface area contributed by atoms with E-state index < -0.39 is 5.97 Å². The number of rotatable bonds is 6. The Labute approximate surface area is 140 Å². The minimum absolute atomic E-state index is 0.351. The molecule has 0 bridgehead atoms. The number of amides is 1. The lowest BCUT2D eigenvalue weighted by molar-refractivity contribution is -0.134. The molecule has 0 aliphatic carbocycles. The Kier molecular flexibility index (Phi) is 6.14. The van der Waals surface area contributed by atoms with Gasteiger partial charge in [-0.05, 0) is 24.6 Å². The molecule has 5 nitrogen and oxygen atoms in total. The number of methoxy groups -OCH3 is 1. The molecule has 24 heavy (non-hydrogen) atoms. The summed E-state index contributed by atoms with van der Waals surface area (Å²) in [6, 6.07) is 16.6. The van der Waals surface area contributed by atoms with Crippen LogP contribution in [-0.2, 0) is 16.1 Å². The Morgan fingerprint density at radius 3 is 2.42 bits per heavy atom. The zero-order valence-electron chi connectivity index (χ0n) is 13.6. The summed E-state index contributed by atoms with van der Waals surface area (Å²) in [7, 11) is 1.28. The molecule has 1 amide bonds. The number of allylic oxidation sites excluding steroid dienone is 1. The van der Waals surface area contributed by atoms with Crippen molar-refractivity contribution in [2.45, 2.75) is 13.5 Å². The van der Waals surface area contributed by atoms with Crippen LogP contribution in [0.4, 0.5) is 0 Å². The zero-order chi connectivity index (χ0) is 17.4. The fourth-order valence-electron chi connectivity index (χ4n) is 2.03. The lowest BCUT2D eigenvalue weighted by atomic mass is 10.2. The van der Waals surface area contributed by atoms with Crippen molar-refractivity contribution < 1.29 is 19.1 Å². The van der Waals surface area contributed by atoms with Gasteiger partial charge in [0.1, 0.15) is 12.4 Å². The number of ether oxygens (including phenoxy) is 2. The van der Waals surface area contributed by atoms with Crippen LogP contribution in [0.3, 0.4) is 0 Å². The number of para-hydroxylation sites is 1. The predicted octanol–water partition coefficient (Wildman–Crippen LogP) is 3.07. The number of hydrogen-bond acceptors (Lipinski definition) is 4. The number of carbonyl (C=O) groups is 2. The van der Waals surface area contributed by atoms with Crippen LogP contribution in [0.2, 0.25) is 0 Å². The van der Waals surface area contributed by atoms with Gasteiger partial charge in [0.2, 0.25) is 0 Å². The highest BCUT2D eigenvalue weighted by atomic mass is 16.5. The Bertz CT molecular complexity index is 738. The van der Waals surface area contributed by atoms with E-state index in [4.69, 9.17) is 4.74 Å². The maximum atomic E-state index is 12.4. The maximum Gasteiger partial charge on any atom is 0.332 e. The zero-order valence-corrected chi connectivity index (χ0v) is 13.6. The molecule has 124 valence electrons. The van der Waals surface area contributed by atoms with E-state index in [9.17, 15) is 9.59 Å². The van der Waals surface area contributed by atoms with Gasteiger partial charge in [0.05, 0.1) is 12.7 Å². The molecule has 0 heterocycles. The number of hydrogen-bond donors (Lipinski definition) is 1. The van der Waals surface area contributed by atoms with Crippen LogP contribution in [0.5, 0.6) is 5.75 Å². The Balaban J connectivity index is 2.09. The van der Waals surface area contributed by atoms with Crippen molar-refractivity contribution in [3.8, 4) is 5.75 Å². The number of benzene rings is 2. The lowest BCUT2D eigenvalue weighted by Crippen LogP contribution is -2.23. The first-order valence-electron chi connectivity index (χ1n) is 7.43.